The molecule has 76 heavy (non-hydrogen) atoms. The molecule has 406 valence electrons. The summed E-state index contributed by atoms with van der Waals surface area (Å²) in [5.41, 5.74) is 3.79. The number of likely N-dealkylation sites (N-methyl/N-ethyl adjacent to an activating group) is 1. The van der Waals surface area contributed by atoms with E-state index in [1.54, 1.807) is 49.7 Å². The van der Waals surface area contributed by atoms with Crippen LogP contribution in [0.1, 0.15) is 37.1 Å². The molecule has 8 rings (SSSR count). The Balaban J connectivity index is 1.08. The lowest BCUT2D eigenvalue weighted by atomic mass is 9.93. The molecule has 2 fully saturated rings. The summed E-state index contributed by atoms with van der Waals surface area (Å²) in [5, 5.41) is 11.6. The summed E-state index contributed by atoms with van der Waals surface area (Å²) in [6, 6.07) is 13.1. The second-order valence-corrected chi connectivity index (χ2v) is 19.7. The van der Waals surface area contributed by atoms with E-state index < -0.39 is 24.0 Å². The number of methoxy groups -OCH3 is 1. The van der Waals surface area contributed by atoms with Crippen molar-refractivity contribution in [3.8, 4) is 40.2 Å². The second-order valence-electron chi connectivity index (χ2n) is 18.4. The third kappa shape index (κ3) is 14.9. The van der Waals surface area contributed by atoms with Gasteiger partial charge in [-0.3, -0.25) is 4.90 Å². The van der Waals surface area contributed by atoms with Gasteiger partial charge in [-0.15, -0.1) is 17.8 Å². The number of aliphatic carboxylic acids is 1. The van der Waals surface area contributed by atoms with Crippen molar-refractivity contribution in [3.05, 3.63) is 100 Å². The van der Waals surface area contributed by atoms with Crippen LogP contribution < -0.4 is 19.1 Å². The first kappa shape index (κ1) is 56.2. The summed E-state index contributed by atoms with van der Waals surface area (Å²) in [6.07, 6.45) is 7.27. The number of allylic oxidation sites excluding steroid dienone is 4. The van der Waals surface area contributed by atoms with Gasteiger partial charge < -0.3 is 57.5 Å². The molecule has 3 aliphatic rings. The molecular formula is C55H65ClFN7O11S. The standard InChI is InChI=1S/C55H65ClFN7O11S/c1-6-44-36(3)50(56)45(7-2)74-43(30-63-18-16-62(4)17-19-63)34-72-41-12-13-46(73-32-40-14-15-58-55(61-40)64-20-21-71-42(31-64)33-70-27-26-69-25-24-68-23-22-67-5)38(28-41)29-47(54(65)66)75-52-49-48(44)51(76-53(49)60-35-59-52)37-8-10-39(57)11-9-37/h2,8-15,28,35,42-43,47H,6,16-27,29-34H2,1,3-5H3,(H,65,66)/b44-36+,50-45-/t42-,43+,47+/m0/s1. The zero-order chi connectivity index (χ0) is 53.4. The highest BCUT2D eigenvalue weighted by Crippen LogP contribution is 2.47. The van der Waals surface area contributed by atoms with Crippen LogP contribution in [0.15, 0.2) is 77.4 Å². The quantitative estimate of drug-likeness (QED) is 0.0613. The minimum Gasteiger partial charge on any atom is -0.490 e. The van der Waals surface area contributed by atoms with Crippen LogP contribution in [0.2, 0.25) is 0 Å². The molecule has 3 aliphatic heterocycles. The van der Waals surface area contributed by atoms with Gasteiger partial charge in [0.05, 0.1) is 75.1 Å². The number of hydrogen-bond acceptors (Lipinski definition) is 18. The Morgan fingerprint density at radius 3 is 2.46 bits per heavy atom. The van der Waals surface area contributed by atoms with Gasteiger partial charge in [-0.25, -0.2) is 29.1 Å². The van der Waals surface area contributed by atoms with E-state index in [-0.39, 0.29) is 42.4 Å². The van der Waals surface area contributed by atoms with Gasteiger partial charge in [-0.05, 0) is 79.4 Å². The van der Waals surface area contributed by atoms with E-state index in [1.165, 1.54) is 29.8 Å². The lowest BCUT2D eigenvalue weighted by molar-refractivity contribution is -0.145. The lowest BCUT2D eigenvalue weighted by Gasteiger charge is -2.34. The monoisotopic (exact) mass is 1090 g/mol. The second kappa shape index (κ2) is 27.9. The topological polar surface area (TPSA) is 182 Å². The van der Waals surface area contributed by atoms with Crippen LogP contribution in [0.25, 0.3) is 26.2 Å². The minimum absolute atomic E-state index is 0.0287. The molecule has 0 aliphatic carbocycles. The maximum absolute atomic E-state index is 14.4. The number of carboxylic acids is 1. The molecule has 0 spiro atoms. The number of fused-ring (bicyclic) bond motifs is 2. The highest BCUT2D eigenvalue weighted by atomic mass is 35.5. The Morgan fingerprint density at radius 1 is 0.961 bits per heavy atom. The lowest BCUT2D eigenvalue weighted by Crippen LogP contribution is -2.48. The number of benzene rings is 2. The molecule has 2 bridgehead atoms. The zero-order valence-corrected chi connectivity index (χ0v) is 44.9. The van der Waals surface area contributed by atoms with Crippen molar-refractivity contribution in [1.82, 2.24) is 29.7 Å². The van der Waals surface area contributed by atoms with Crippen LogP contribution in [-0.4, -0.2) is 179 Å². The van der Waals surface area contributed by atoms with E-state index in [0.717, 1.165) is 36.6 Å². The molecule has 0 amide bonds. The van der Waals surface area contributed by atoms with Crippen molar-refractivity contribution in [2.24, 2.45) is 0 Å². The summed E-state index contributed by atoms with van der Waals surface area (Å²) in [4.78, 5) is 39.9. The van der Waals surface area contributed by atoms with Crippen molar-refractivity contribution >= 4 is 50.6 Å². The van der Waals surface area contributed by atoms with Gasteiger partial charge in [0.2, 0.25) is 17.9 Å². The number of rotatable bonds is 20. The maximum atomic E-state index is 14.4. The third-order valence-corrected chi connectivity index (χ3v) is 14.7. The van der Waals surface area contributed by atoms with Crippen LogP contribution in [0, 0.1) is 18.2 Å². The fraction of sp³-hybridized carbons (Fsp3) is 0.473. The predicted molar refractivity (Wildman–Crippen MR) is 287 cm³/mol. The Bertz CT molecular complexity index is 2840. The van der Waals surface area contributed by atoms with E-state index in [0.29, 0.717) is 135 Å². The molecule has 2 saturated heterocycles. The number of aromatic nitrogens is 4. The molecule has 6 heterocycles. The predicted octanol–water partition coefficient (Wildman–Crippen LogP) is 7.13. The van der Waals surface area contributed by atoms with Crippen molar-refractivity contribution in [3.63, 3.8) is 0 Å². The van der Waals surface area contributed by atoms with Crippen molar-refractivity contribution in [1.29, 1.82) is 0 Å². The molecule has 0 radical (unpaired) electrons. The number of carbonyl (C=O) groups is 1. The fourth-order valence-corrected chi connectivity index (χ4v) is 10.4. The van der Waals surface area contributed by atoms with Crippen LogP contribution in [0.3, 0.4) is 0 Å². The number of thiophene rings is 1. The number of nitrogens with zero attached hydrogens (tertiary/aromatic N) is 7. The Labute approximate surface area is 451 Å². The first-order valence-corrected chi connectivity index (χ1v) is 26.6. The first-order chi connectivity index (χ1) is 37.0. The molecule has 5 aromatic rings. The summed E-state index contributed by atoms with van der Waals surface area (Å²) >= 11 is 8.65. The average Bonchev–Trinajstić information content (AvgIpc) is 3.85. The highest BCUT2D eigenvalue weighted by Gasteiger charge is 2.31. The number of terminal acetylenes is 1. The van der Waals surface area contributed by atoms with E-state index in [1.807, 2.05) is 18.7 Å². The van der Waals surface area contributed by atoms with Gasteiger partial charge in [0.1, 0.15) is 47.8 Å². The zero-order valence-electron chi connectivity index (χ0n) is 43.3. The van der Waals surface area contributed by atoms with Crippen molar-refractivity contribution in [2.75, 3.05) is 124 Å². The number of ether oxygens (including phenoxy) is 9. The smallest absolute Gasteiger partial charge is 0.345 e. The Kier molecular flexibility index (Phi) is 20.6. The summed E-state index contributed by atoms with van der Waals surface area (Å²) in [6.45, 7) is 12.6. The van der Waals surface area contributed by atoms with Crippen LogP contribution >= 0.6 is 22.9 Å². The number of anilines is 1. The van der Waals surface area contributed by atoms with E-state index >= 15 is 0 Å². The maximum Gasteiger partial charge on any atom is 0.345 e. The minimum atomic E-state index is -1.48. The molecule has 18 nitrogen and oxygen atoms in total. The Morgan fingerprint density at radius 2 is 1.72 bits per heavy atom. The van der Waals surface area contributed by atoms with E-state index in [9.17, 15) is 14.3 Å². The van der Waals surface area contributed by atoms with Crippen molar-refractivity contribution < 1.29 is 56.9 Å². The van der Waals surface area contributed by atoms with E-state index in [4.69, 9.17) is 65.6 Å². The number of halogens is 2. The van der Waals surface area contributed by atoms with Gasteiger partial charge in [-0.2, -0.15) is 0 Å². The normalized spacial score (nSPS) is 21.1. The molecule has 21 heteroatoms. The van der Waals surface area contributed by atoms with Gasteiger partial charge in [0.15, 0.2) is 5.76 Å². The number of carboxylic acid groups (broad SMARTS) is 1. The summed E-state index contributed by atoms with van der Waals surface area (Å²) in [7, 11) is 3.73. The largest absolute Gasteiger partial charge is 0.490 e. The van der Waals surface area contributed by atoms with Crippen LogP contribution in [-0.2, 0) is 46.2 Å². The molecule has 3 aromatic heterocycles. The summed E-state index contributed by atoms with van der Waals surface area (Å²) in [5.74, 6) is 2.57. The molecular weight excluding hydrogens is 1020 g/mol. The molecule has 3 atom stereocenters. The van der Waals surface area contributed by atoms with Gasteiger partial charge in [0.25, 0.3) is 0 Å². The molecule has 0 unspecified atom stereocenters. The summed E-state index contributed by atoms with van der Waals surface area (Å²) < 4.78 is 68.5. The van der Waals surface area contributed by atoms with Gasteiger partial charge in [-0.1, -0.05) is 30.7 Å². The van der Waals surface area contributed by atoms with Gasteiger partial charge in [0, 0.05) is 81.5 Å². The Hall–Kier alpha value is -5.99. The van der Waals surface area contributed by atoms with Crippen LogP contribution in [0.5, 0.6) is 17.4 Å². The number of hydrogen-bond donors (Lipinski definition) is 1. The molecule has 2 aromatic carbocycles. The average molecular weight is 1090 g/mol. The fourth-order valence-electron chi connectivity index (χ4n) is 9.00. The SMILES string of the molecule is C#C/C1=C(Cl)\C(C)=C(/CC)c2c(-c3ccc(F)cc3)sc3ncnc(c23)O[C@@H](C(=O)O)Cc2cc(ccc2OCc2ccnc(N3CCO[C@H](COCCOCCOCCOC)C3)n2)OC[C@@H](CN2CCN(C)CC2)O1. The van der Waals surface area contributed by atoms with E-state index in [2.05, 4.69) is 37.7 Å². The number of morpholine rings is 1. The molecule has 0 saturated carbocycles. The van der Waals surface area contributed by atoms with Crippen LogP contribution in [0.4, 0.5) is 10.3 Å². The van der Waals surface area contributed by atoms with Crippen molar-refractivity contribution in [2.45, 2.75) is 51.6 Å². The highest BCUT2D eigenvalue weighted by molar-refractivity contribution is 7.22. The number of piperazine rings is 1. The third-order valence-electron chi connectivity index (χ3n) is 13.0. The molecule has 1 N–H and O–H groups in total. The first-order valence-electron chi connectivity index (χ1n) is 25.4. The van der Waals surface area contributed by atoms with Gasteiger partial charge >= 0.3 is 5.97 Å².